The molecule has 1 saturated carbocycles. The van der Waals surface area contributed by atoms with Gasteiger partial charge >= 0.3 is 6.03 Å². The van der Waals surface area contributed by atoms with Crippen molar-refractivity contribution < 1.29 is 4.79 Å². The van der Waals surface area contributed by atoms with Gasteiger partial charge in [-0.3, -0.25) is 9.80 Å². The smallest absolute Gasteiger partial charge is 0.321 e. The summed E-state index contributed by atoms with van der Waals surface area (Å²) in [5, 5.41) is 3.00. The van der Waals surface area contributed by atoms with Crippen LogP contribution in [-0.2, 0) is 6.42 Å². The van der Waals surface area contributed by atoms with Gasteiger partial charge < -0.3 is 10.2 Å². The molecule has 1 saturated heterocycles. The first-order valence-electron chi connectivity index (χ1n) is 11.3. The Labute approximate surface area is 180 Å². The number of urea groups is 1. The summed E-state index contributed by atoms with van der Waals surface area (Å²) in [6, 6.07) is 20.9. The van der Waals surface area contributed by atoms with Gasteiger partial charge in [0.25, 0.3) is 0 Å². The minimum atomic E-state index is 0.0106. The lowest BCUT2D eigenvalue weighted by Gasteiger charge is -2.41. The lowest BCUT2D eigenvalue weighted by Crippen LogP contribution is -2.56. The molecule has 1 heterocycles. The van der Waals surface area contributed by atoms with E-state index in [1.807, 2.05) is 42.2 Å². The van der Waals surface area contributed by atoms with Crippen molar-refractivity contribution in [3.8, 4) is 0 Å². The van der Waals surface area contributed by atoms with Crippen LogP contribution in [0.25, 0.3) is 0 Å². The fourth-order valence-electron chi connectivity index (χ4n) is 4.53. The molecule has 160 valence electrons. The van der Waals surface area contributed by atoms with Gasteiger partial charge in [0.05, 0.1) is 0 Å². The van der Waals surface area contributed by atoms with E-state index in [2.05, 4.69) is 45.4 Å². The molecule has 0 atom stereocenters. The fraction of sp³-hybridized carbons (Fsp3) is 0.480. The van der Waals surface area contributed by atoms with Crippen molar-refractivity contribution >= 4 is 11.7 Å². The normalized spacial score (nSPS) is 18.7. The quantitative estimate of drug-likeness (QED) is 0.728. The molecule has 2 fully saturated rings. The third kappa shape index (κ3) is 5.02. The van der Waals surface area contributed by atoms with Crippen molar-refractivity contribution in [2.45, 2.75) is 31.7 Å². The van der Waals surface area contributed by atoms with Gasteiger partial charge in [0.15, 0.2) is 0 Å². The zero-order valence-corrected chi connectivity index (χ0v) is 18.1. The molecule has 2 amide bonds. The monoisotopic (exact) mass is 406 g/mol. The SMILES string of the molecule is CCNC(=O)N(CC1(N2CCN(CCc3ccccc3)CC2)CC1)c1ccccc1. The molecule has 0 unspecified atom stereocenters. The second-order valence-electron chi connectivity index (χ2n) is 8.55. The van der Waals surface area contributed by atoms with Crippen molar-refractivity contribution in [1.29, 1.82) is 0 Å². The van der Waals surface area contributed by atoms with Gasteiger partial charge in [-0.15, -0.1) is 0 Å². The zero-order chi connectivity index (χ0) is 20.8. The standard InChI is InChI=1S/C25H34N4O/c1-2-26-24(30)29(23-11-7-4-8-12-23)21-25(14-15-25)28-19-17-27(18-20-28)16-13-22-9-5-3-6-10-22/h3-12H,2,13-21H2,1H3,(H,26,30). The van der Waals surface area contributed by atoms with Crippen LogP contribution in [0, 0.1) is 0 Å². The largest absolute Gasteiger partial charge is 0.338 e. The van der Waals surface area contributed by atoms with Crippen LogP contribution in [0.5, 0.6) is 0 Å². The number of nitrogens with zero attached hydrogens (tertiary/aromatic N) is 3. The summed E-state index contributed by atoms with van der Waals surface area (Å²) < 4.78 is 0. The van der Waals surface area contributed by atoms with E-state index >= 15 is 0 Å². The lowest BCUT2D eigenvalue weighted by molar-refractivity contribution is 0.0880. The summed E-state index contributed by atoms with van der Waals surface area (Å²) in [4.78, 5) is 20.0. The second kappa shape index (κ2) is 9.63. The molecule has 5 heteroatoms. The average Bonchev–Trinajstić information content (AvgIpc) is 3.59. The highest BCUT2D eigenvalue weighted by molar-refractivity contribution is 5.92. The highest BCUT2D eigenvalue weighted by atomic mass is 16.2. The molecule has 5 nitrogen and oxygen atoms in total. The number of rotatable bonds is 8. The Morgan fingerprint density at radius 1 is 0.967 bits per heavy atom. The lowest BCUT2D eigenvalue weighted by atomic mass is 10.1. The number of para-hydroxylation sites is 1. The van der Waals surface area contributed by atoms with Crippen LogP contribution in [0.4, 0.5) is 10.5 Å². The Bertz CT molecular complexity index is 798. The average molecular weight is 407 g/mol. The van der Waals surface area contributed by atoms with Gasteiger partial charge in [-0.25, -0.2) is 4.79 Å². The van der Waals surface area contributed by atoms with Gasteiger partial charge in [-0.2, -0.15) is 0 Å². The van der Waals surface area contributed by atoms with E-state index in [-0.39, 0.29) is 11.6 Å². The Morgan fingerprint density at radius 2 is 1.60 bits per heavy atom. The first-order valence-corrected chi connectivity index (χ1v) is 11.3. The zero-order valence-electron chi connectivity index (χ0n) is 18.1. The first kappa shape index (κ1) is 20.9. The van der Waals surface area contributed by atoms with Gasteiger partial charge in [0.2, 0.25) is 0 Å². The molecule has 0 bridgehead atoms. The van der Waals surface area contributed by atoms with Gasteiger partial charge in [-0.05, 0) is 43.9 Å². The summed E-state index contributed by atoms with van der Waals surface area (Å²) in [6.45, 7) is 8.92. The highest BCUT2D eigenvalue weighted by Gasteiger charge is 2.50. The van der Waals surface area contributed by atoms with Crippen molar-refractivity contribution in [3.63, 3.8) is 0 Å². The van der Waals surface area contributed by atoms with E-state index in [4.69, 9.17) is 0 Å². The van der Waals surface area contributed by atoms with Crippen molar-refractivity contribution in [3.05, 3.63) is 66.2 Å². The van der Waals surface area contributed by atoms with E-state index < -0.39 is 0 Å². The van der Waals surface area contributed by atoms with E-state index in [0.29, 0.717) is 6.54 Å². The predicted molar refractivity (Wildman–Crippen MR) is 123 cm³/mol. The number of hydrogen-bond acceptors (Lipinski definition) is 3. The molecule has 2 aromatic carbocycles. The predicted octanol–water partition coefficient (Wildman–Crippen LogP) is 3.62. The van der Waals surface area contributed by atoms with E-state index in [0.717, 1.165) is 51.4 Å². The summed E-state index contributed by atoms with van der Waals surface area (Å²) in [7, 11) is 0. The summed E-state index contributed by atoms with van der Waals surface area (Å²) >= 11 is 0. The highest BCUT2D eigenvalue weighted by Crippen LogP contribution is 2.43. The molecule has 0 spiro atoms. The Morgan fingerprint density at radius 3 is 2.20 bits per heavy atom. The Kier molecular flexibility index (Phi) is 6.70. The number of hydrogen-bond donors (Lipinski definition) is 1. The van der Waals surface area contributed by atoms with Gasteiger partial charge in [0.1, 0.15) is 0 Å². The maximum absolute atomic E-state index is 12.8. The Hall–Kier alpha value is -2.37. The number of carbonyl (C=O) groups is 1. The minimum Gasteiger partial charge on any atom is -0.338 e. The van der Waals surface area contributed by atoms with Crippen LogP contribution in [0.2, 0.25) is 0 Å². The molecule has 4 rings (SSSR count). The van der Waals surface area contributed by atoms with Crippen molar-refractivity contribution in [2.24, 2.45) is 0 Å². The number of amides is 2. The third-order valence-electron chi connectivity index (χ3n) is 6.52. The maximum Gasteiger partial charge on any atom is 0.321 e. The maximum atomic E-state index is 12.8. The molecule has 2 aliphatic rings. The van der Waals surface area contributed by atoms with Crippen LogP contribution in [0.1, 0.15) is 25.3 Å². The molecule has 30 heavy (non-hydrogen) atoms. The van der Waals surface area contributed by atoms with E-state index in [1.165, 1.54) is 18.4 Å². The second-order valence-corrected chi connectivity index (χ2v) is 8.55. The van der Waals surface area contributed by atoms with Crippen LogP contribution in [0.15, 0.2) is 60.7 Å². The summed E-state index contributed by atoms with van der Waals surface area (Å²) in [5.74, 6) is 0. The number of nitrogens with one attached hydrogen (secondary N) is 1. The van der Waals surface area contributed by atoms with Crippen molar-refractivity contribution in [1.82, 2.24) is 15.1 Å². The van der Waals surface area contributed by atoms with Crippen LogP contribution >= 0.6 is 0 Å². The third-order valence-corrected chi connectivity index (χ3v) is 6.52. The molecule has 1 N–H and O–H groups in total. The number of benzene rings is 2. The fourth-order valence-corrected chi connectivity index (χ4v) is 4.53. The number of anilines is 1. The van der Waals surface area contributed by atoms with E-state index in [1.54, 1.807) is 0 Å². The number of carbonyl (C=O) groups excluding carboxylic acids is 1. The van der Waals surface area contributed by atoms with Gasteiger partial charge in [-0.1, -0.05) is 48.5 Å². The minimum absolute atomic E-state index is 0.0106. The van der Waals surface area contributed by atoms with Crippen LogP contribution in [-0.4, -0.2) is 67.2 Å². The van der Waals surface area contributed by atoms with E-state index in [9.17, 15) is 4.79 Å². The topological polar surface area (TPSA) is 38.8 Å². The van der Waals surface area contributed by atoms with Crippen LogP contribution < -0.4 is 10.2 Å². The molecule has 2 aromatic rings. The molecular formula is C25H34N4O. The first-order chi connectivity index (χ1) is 14.7. The molecule has 1 aliphatic carbocycles. The Balaban J connectivity index is 1.34. The summed E-state index contributed by atoms with van der Waals surface area (Å²) in [5.41, 5.74) is 2.54. The molecule has 0 radical (unpaired) electrons. The molecule has 1 aliphatic heterocycles. The van der Waals surface area contributed by atoms with Crippen molar-refractivity contribution in [2.75, 3.05) is 50.7 Å². The molecular weight excluding hydrogens is 372 g/mol. The number of piperazine rings is 1. The molecule has 0 aromatic heterocycles. The summed E-state index contributed by atoms with van der Waals surface area (Å²) in [6.07, 6.45) is 3.48. The van der Waals surface area contributed by atoms with Gasteiger partial charge in [0, 0.05) is 57.0 Å². The van der Waals surface area contributed by atoms with Crippen LogP contribution in [0.3, 0.4) is 0 Å².